The van der Waals surface area contributed by atoms with Crippen LogP contribution in [0.4, 0.5) is 5.82 Å². The van der Waals surface area contributed by atoms with Crippen LogP contribution in [0.2, 0.25) is 0 Å². The van der Waals surface area contributed by atoms with E-state index in [2.05, 4.69) is 47.7 Å². The van der Waals surface area contributed by atoms with Crippen molar-refractivity contribution >= 4 is 16.7 Å². The Morgan fingerprint density at radius 3 is 2.70 bits per heavy atom. The summed E-state index contributed by atoms with van der Waals surface area (Å²) in [6.07, 6.45) is 12.2. The molecule has 0 saturated carbocycles. The first-order chi connectivity index (χ1) is 14.8. The molecular formula is C21H23N9. The Bertz CT molecular complexity index is 1150. The maximum absolute atomic E-state index is 4.64. The third kappa shape index (κ3) is 2.85. The van der Waals surface area contributed by atoms with Gasteiger partial charge in [-0.05, 0) is 43.9 Å². The number of nitrogens with zero attached hydrogens (tertiary/aromatic N) is 7. The van der Waals surface area contributed by atoms with Gasteiger partial charge < -0.3 is 10.2 Å². The van der Waals surface area contributed by atoms with Crippen LogP contribution in [0.5, 0.6) is 0 Å². The van der Waals surface area contributed by atoms with E-state index in [1.807, 2.05) is 35.3 Å². The Kier molecular flexibility index (Phi) is 4.02. The smallest absolute Gasteiger partial charge is 0.184 e. The molecule has 2 N–H and O–H groups in total. The van der Waals surface area contributed by atoms with Gasteiger partial charge in [-0.2, -0.15) is 10.2 Å². The van der Waals surface area contributed by atoms with Crippen LogP contribution in [-0.2, 0) is 0 Å². The van der Waals surface area contributed by atoms with Crippen LogP contribution in [-0.4, -0.2) is 60.3 Å². The quantitative estimate of drug-likeness (QED) is 0.541. The number of benzene rings is 1. The highest BCUT2D eigenvalue weighted by molar-refractivity contribution is 5.96. The van der Waals surface area contributed by atoms with E-state index < -0.39 is 0 Å². The Balaban J connectivity index is 1.30. The predicted octanol–water partition coefficient (Wildman–Crippen LogP) is 2.32. The molecule has 3 atom stereocenters. The van der Waals surface area contributed by atoms with Crippen LogP contribution in [0.3, 0.4) is 0 Å². The number of anilines is 1. The fourth-order valence-electron chi connectivity index (χ4n) is 4.90. The van der Waals surface area contributed by atoms with E-state index in [-0.39, 0.29) is 0 Å². The van der Waals surface area contributed by atoms with Gasteiger partial charge in [0.15, 0.2) is 11.6 Å². The number of hydrogen-bond donors (Lipinski definition) is 2. The third-order valence-corrected chi connectivity index (χ3v) is 6.49. The minimum absolute atomic E-state index is 0.485. The van der Waals surface area contributed by atoms with Gasteiger partial charge in [0.1, 0.15) is 0 Å². The number of nitrogens with one attached hydrogen (secondary N) is 2. The van der Waals surface area contributed by atoms with Crippen LogP contribution in [0.25, 0.3) is 28.0 Å². The van der Waals surface area contributed by atoms with Gasteiger partial charge in [-0.3, -0.25) is 5.10 Å². The van der Waals surface area contributed by atoms with E-state index in [1.54, 1.807) is 12.4 Å². The third-order valence-electron chi connectivity index (χ3n) is 6.49. The second-order valence-electron chi connectivity index (χ2n) is 8.26. The van der Waals surface area contributed by atoms with Crippen LogP contribution < -0.4 is 10.2 Å². The van der Waals surface area contributed by atoms with Gasteiger partial charge in [-0.25, -0.2) is 9.67 Å². The summed E-state index contributed by atoms with van der Waals surface area (Å²) in [5.74, 6) is 1.40. The molecule has 9 heteroatoms. The van der Waals surface area contributed by atoms with E-state index in [1.165, 1.54) is 12.8 Å². The zero-order valence-electron chi connectivity index (χ0n) is 16.7. The highest BCUT2D eigenvalue weighted by Gasteiger charge is 2.35. The van der Waals surface area contributed by atoms with Crippen LogP contribution in [0.15, 0.2) is 43.0 Å². The second-order valence-corrected chi connectivity index (χ2v) is 8.26. The normalized spacial score (nSPS) is 23.2. The van der Waals surface area contributed by atoms with Gasteiger partial charge >= 0.3 is 0 Å². The molecule has 2 bridgehead atoms. The number of H-pyrrole nitrogens is 1. The Morgan fingerprint density at radius 2 is 1.97 bits per heavy atom. The summed E-state index contributed by atoms with van der Waals surface area (Å²) in [6, 6.07) is 7.65. The lowest BCUT2D eigenvalue weighted by atomic mass is 9.99. The fraction of sp³-hybridized carbons (Fsp3) is 0.381. The maximum atomic E-state index is 4.64. The van der Waals surface area contributed by atoms with Gasteiger partial charge in [0.05, 0.1) is 23.6 Å². The molecule has 2 aliphatic rings. The Labute approximate surface area is 173 Å². The van der Waals surface area contributed by atoms with E-state index in [4.69, 9.17) is 0 Å². The molecule has 152 valence electrons. The monoisotopic (exact) mass is 401 g/mol. The number of aromatic amines is 1. The van der Waals surface area contributed by atoms with E-state index in [9.17, 15) is 0 Å². The van der Waals surface area contributed by atoms with E-state index >= 15 is 0 Å². The molecule has 1 unspecified atom stereocenters. The van der Waals surface area contributed by atoms with Gasteiger partial charge in [0.25, 0.3) is 0 Å². The molecule has 1 aromatic carbocycles. The van der Waals surface area contributed by atoms with Gasteiger partial charge in [0, 0.05) is 48.5 Å². The Morgan fingerprint density at radius 1 is 1.10 bits per heavy atom. The van der Waals surface area contributed by atoms with E-state index in [0.717, 1.165) is 40.8 Å². The lowest BCUT2D eigenvalue weighted by Gasteiger charge is -2.35. The number of piperidine rings is 1. The van der Waals surface area contributed by atoms with Crippen molar-refractivity contribution in [3.8, 4) is 17.1 Å². The standard InChI is InChI=1S/C21H23N9/c1-29(15-9-13-3-4-14(10-15)25-13)19-12-22-21(28-26-19)16-5-6-18(30-8-2-7-24-30)17-11-23-27-20(16)17/h2,5-8,11-15,25H,3-4,9-10H2,1H3,(H,23,27)/t13-,14+,15?. The van der Waals surface area contributed by atoms with Crippen molar-refractivity contribution < 1.29 is 0 Å². The number of aromatic nitrogens is 7. The molecule has 5 heterocycles. The summed E-state index contributed by atoms with van der Waals surface area (Å²) >= 11 is 0. The molecular weight excluding hydrogens is 378 g/mol. The van der Waals surface area contributed by atoms with Crippen LogP contribution in [0.1, 0.15) is 25.7 Å². The molecule has 30 heavy (non-hydrogen) atoms. The lowest BCUT2D eigenvalue weighted by Crippen LogP contribution is -2.47. The molecule has 2 aliphatic heterocycles. The predicted molar refractivity (Wildman–Crippen MR) is 113 cm³/mol. The first-order valence-corrected chi connectivity index (χ1v) is 10.4. The van der Waals surface area contributed by atoms with Crippen molar-refractivity contribution in [2.45, 2.75) is 43.8 Å². The molecule has 2 fully saturated rings. The molecule has 0 radical (unpaired) electrons. The zero-order valence-corrected chi connectivity index (χ0v) is 16.7. The van der Waals surface area contributed by atoms with Crippen molar-refractivity contribution in [3.63, 3.8) is 0 Å². The van der Waals surface area contributed by atoms with Crippen LogP contribution >= 0.6 is 0 Å². The molecule has 2 saturated heterocycles. The second kappa shape index (κ2) is 6.88. The van der Waals surface area contributed by atoms with Crippen molar-refractivity contribution in [2.75, 3.05) is 11.9 Å². The summed E-state index contributed by atoms with van der Waals surface area (Å²) in [7, 11) is 2.10. The van der Waals surface area contributed by atoms with Crippen molar-refractivity contribution in [1.29, 1.82) is 0 Å². The zero-order chi connectivity index (χ0) is 20.1. The van der Waals surface area contributed by atoms with Crippen molar-refractivity contribution in [1.82, 2.24) is 40.5 Å². The minimum Gasteiger partial charge on any atom is -0.354 e. The molecule has 4 aromatic rings. The number of hydrogen-bond acceptors (Lipinski definition) is 7. The molecule has 0 amide bonds. The average Bonchev–Trinajstić information content (AvgIpc) is 3.54. The Hall–Kier alpha value is -3.33. The maximum Gasteiger partial charge on any atom is 0.184 e. The summed E-state index contributed by atoms with van der Waals surface area (Å²) in [4.78, 5) is 6.88. The SMILES string of the molecule is CN(c1cnc(-c2ccc(-n3cccn3)c3cn[nH]c23)nn1)C1C[C@H]2CC[C@@H](C1)N2. The number of fused-ring (bicyclic) bond motifs is 3. The number of rotatable bonds is 4. The van der Waals surface area contributed by atoms with Crippen LogP contribution in [0, 0.1) is 0 Å². The van der Waals surface area contributed by atoms with Gasteiger partial charge in [0.2, 0.25) is 0 Å². The topological polar surface area (TPSA) is 100 Å². The lowest BCUT2D eigenvalue weighted by molar-refractivity contribution is 0.353. The highest BCUT2D eigenvalue weighted by atomic mass is 15.3. The van der Waals surface area contributed by atoms with Crippen molar-refractivity contribution in [3.05, 3.63) is 43.0 Å². The largest absolute Gasteiger partial charge is 0.354 e. The first-order valence-electron chi connectivity index (χ1n) is 10.4. The molecule has 9 nitrogen and oxygen atoms in total. The molecule has 0 spiro atoms. The van der Waals surface area contributed by atoms with Gasteiger partial charge in [-0.15, -0.1) is 10.2 Å². The molecule has 3 aromatic heterocycles. The summed E-state index contributed by atoms with van der Waals surface area (Å²) in [5, 5.41) is 25.3. The van der Waals surface area contributed by atoms with E-state index in [0.29, 0.717) is 23.9 Å². The summed E-state index contributed by atoms with van der Waals surface area (Å²) in [6.45, 7) is 0. The molecule has 0 aliphatic carbocycles. The average molecular weight is 401 g/mol. The minimum atomic E-state index is 0.485. The molecule has 6 rings (SSSR count). The van der Waals surface area contributed by atoms with Crippen molar-refractivity contribution in [2.24, 2.45) is 0 Å². The summed E-state index contributed by atoms with van der Waals surface area (Å²) in [5.41, 5.74) is 2.71. The van der Waals surface area contributed by atoms with Gasteiger partial charge in [-0.1, -0.05) is 0 Å². The highest BCUT2D eigenvalue weighted by Crippen LogP contribution is 2.32. The first kappa shape index (κ1) is 17.5. The summed E-state index contributed by atoms with van der Waals surface area (Å²) < 4.78 is 1.82. The fourth-order valence-corrected chi connectivity index (χ4v) is 4.90.